The Hall–Kier alpha value is -2.76. The number of rotatable bonds is 8. The minimum Gasteiger partial charge on any atom is -0.439 e. The van der Waals surface area contributed by atoms with E-state index in [-0.39, 0.29) is 29.7 Å². The van der Waals surface area contributed by atoms with Gasteiger partial charge in [-0.05, 0) is 37.1 Å². The van der Waals surface area contributed by atoms with Crippen LogP contribution in [0.15, 0.2) is 48.9 Å². The molecule has 3 aromatic rings. The van der Waals surface area contributed by atoms with Crippen molar-refractivity contribution in [2.24, 2.45) is 0 Å². The molecule has 0 spiro atoms. The molecule has 2 N–H and O–H groups in total. The van der Waals surface area contributed by atoms with Gasteiger partial charge in [0.05, 0.1) is 17.8 Å². The molecule has 2 heterocycles. The first-order valence-electron chi connectivity index (χ1n) is 9.22. The Morgan fingerprint density at radius 3 is 2.36 bits per heavy atom. The van der Waals surface area contributed by atoms with Crippen molar-refractivity contribution in [1.82, 2.24) is 15.0 Å². The first-order chi connectivity index (χ1) is 15.4. The third kappa shape index (κ3) is 7.11. The maximum Gasteiger partial charge on any atom is 0.491 e. The summed E-state index contributed by atoms with van der Waals surface area (Å²) in [4.78, 5) is 29.9. The van der Waals surface area contributed by atoms with E-state index in [0.717, 1.165) is 22.8 Å². The predicted octanol–water partition coefficient (Wildman–Crippen LogP) is 4.72. The second kappa shape index (κ2) is 10.0. The molecule has 0 aliphatic carbocycles. The molecule has 1 aromatic carbocycles. The molecule has 0 saturated carbocycles. The van der Waals surface area contributed by atoms with Gasteiger partial charge in [-0.3, -0.25) is 0 Å². The van der Waals surface area contributed by atoms with Gasteiger partial charge in [0.1, 0.15) is 17.1 Å². The van der Waals surface area contributed by atoms with Gasteiger partial charge in [-0.1, -0.05) is 23.7 Å². The molecule has 0 aliphatic rings. The number of halogens is 4. The van der Waals surface area contributed by atoms with E-state index in [4.69, 9.17) is 21.0 Å². The lowest BCUT2D eigenvalue weighted by molar-refractivity contribution is -0.137. The summed E-state index contributed by atoms with van der Waals surface area (Å²) in [6, 6.07) is 8.47. The van der Waals surface area contributed by atoms with Crippen molar-refractivity contribution in [3.05, 3.63) is 70.8 Å². The van der Waals surface area contributed by atoms with Crippen LogP contribution in [0.1, 0.15) is 16.8 Å². The normalized spacial score (nSPS) is 12.0. The summed E-state index contributed by atoms with van der Waals surface area (Å²) in [5, 5.41) is 0.979. The summed E-state index contributed by atoms with van der Waals surface area (Å²) in [6.45, 7) is 1.59. The molecule has 0 aliphatic heterocycles. The first-order valence-corrected chi connectivity index (χ1v) is 11.1. The lowest BCUT2D eigenvalue weighted by Crippen LogP contribution is -2.26. The van der Waals surface area contributed by atoms with Crippen molar-refractivity contribution >= 4 is 25.2 Å². The van der Waals surface area contributed by atoms with Gasteiger partial charge in [-0.2, -0.15) is 17.8 Å². The van der Waals surface area contributed by atoms with Gasteiger partial charge in [-0.15, -0.1) is 0 Å². The van der Waals surface area contributed by atoms with Gasteiger partial charge in [0.15, 0.2) is 5.82 Å². The van der Waals surface area contributed by atoms with E-state index < -0.39 is 19.6 Å². The third-order valence-electron chi connectivity index (χ3n) is 4.20. The number of ether oxygens (including phenoxy) is 1. The van der Waals surface area contributed by atoms with Crippen LogP contribution in [0.3, 0.4) is 0 Å². The zero-order valence-electron chi connectivity index (χ0n) is 16.9. The largest absolute Gasteiger partial charge is 0.491 e. The highest BCUT2D eigenvalue weighted by Gasteiger charge is 2.30. The number of phosphoric acid groups is 1. The van der Waals surface area contributed by atoms with Gasteiger partial charge in [0, 0.05) is 12.3 Å². The maximum atomic E-state index is 12.6. The molecule has 33 heavy (non-hydrogen) atoms. The highest BCUT2D eigenvalue weighted by Crippen LogP contribution is 2.40. The number of benzene rings is 1. The van der Waals surface area contributed by atoms with Crippen molar-refractivity contribution in [2.45, 2.75) is 19.5 Å². The van der Waals surface area contributed by atoms with Gasteiger partial charge in [-0.25, -0.2) is 24.6 Å². The Balaban J connectivity index is 1.67. The van der Waals surface area contributed by atoms with Crippen molar-refractivity contribution < 1.29 is 36.9 Å². The maximum absolute atomic E-state index is 12.6. The highest BCUT2D eigenvalue weighted by molar-refractivity contribution is 7.46. The molecule has 0 radical (unpaired) electrons. The second-order valence-electron chi connectivity index (χ2n) is 6.65. The van der Waals surface area contributed by atoms with E-state index in [1.165, 1.54) is 6.33 Å². The molecule has 0 amide bonds. The Morgan fingerprint density at radius 2 is 1.79 bits per heavy atom. The summed E-state index contributed by atoms with van der Waals surface area (Å²) in [5.41, 5.74) is 0.259. The molecular weight excluding hydrogens is 488 g/mol. The fraction of sp³-hybridized carbons (Fsp3) is 0.211. The topological polar surface area (TPSA) is 118 Å². The highest BCUT2D eigenvalue weighted by atomic mass is 35.5. The zero-order valence-corrected chi connectivity index (χ0v) is 18.6. The summed E-state index contributed by atoms with van der Waals surface area (Å²) in [7, 11) is -4.89. The lowest BCUT2D eigenvalue weighted by atomic mass is 10.1. The molecule has 9 nitrogen and oxygen atoms in total. The van der Waals surface area contributed by atoms with Crippen molar-refractivity contribution in [3.63, 3.8) is 0 Å². The smallest absolute Gasteiger partial charge is 0.439 e. The molecule has 0 fully saturated rings. The summed E-state index contributed by atoms with van der Waals surface area (Å²) in [6.07, 6.45) is -2.34. The van der Waals surface area contributed by atoms with Crippen molar-refractivity contribution in [1.29, 1.82) is 0 Å². The van der Waals surface area contributed by atoms with E-state index in [1.54, 1.807) is 31.2 Å². The van der Waals surface area contributed by atoms with Crippen LogP contribution in [0.2, 0.25) is 5.02 Å². The Morgan fingerprint density at radius 1 is 1.09 bits per heavy atom. The monoisotopic (exact) mass is 504 g/mol. The van der Waals surface area contributed by atoms with E-state index >= 15 is 0 Å². The summed E-state index contributed by atoms with van der Waals surface area (Å²) in [5.74, 6) is 0.329. The number of hydrogen-bond donors (Lipinski definition) is 2. The Bertz CT molecular complexity index is 1140. The quantitative estimate of drug-likeness (QED) is 0.332. The van der Waals surface area contributed by atoms with Crippen LogP contribution in [0.5, 0.6) is 11.6 Å². The van der Waals surface area contributed by atoms with Crippen molar-refractivity contribution in [2.75, 3.05) is 11.6 Å². The number of anilines is 1. The number of aryl methyl sites for hydroxylation is 1. The van der Waals surface area contributed by atoms with Crippen LogP contribution in [0, 0.1) is 6.92 Å². The van der Waals surface area contributed by atoms with Crippen molar-refractivity contribution in [3.8, 4) is 11.6 Å². The van der Waals surface area contributed by atoms with Crippen LogP contribution in [0.25, 0.3) is 0 Å². The van der Waals surface area contributed by atoms with Crippen LogP contribution in [-0.4, -0.2) is 31.3 Å². The van der Waals surface area contributed by atoms with E-state index in [9.17, 15) is 27.5 Å². The summed E-state index contributed by atoms with van der Waals surface area (Å²) < 4.78 is 59.4. The first kappa shape index (κ1) is 24.9. The lowest BCUT2D eigenvalue weighted by Gasteiger charge is -2.23. The number of hydroxylamine groups is 1. The average Bonchev–Trinajstić information content (AvgIpc) is 2.73. The molecule has 0 atom stereocenters. The summed E-state index contributed by atoms with van der Waals surface area (Å²) >= 11 is 6.15. The molecule has 0 saturated heterocycles. The molecule has 0 unspecified atom stereocenters. The molecule has 14 heteroatoms. The zero-order chi connectivity index (χ0) is 24.2. The Labute approximate surface area is 191 Å². The fourth-order valence-corrected chi connectivity index (χ4v) is 3.22. The minimum atomic E-state index is -4.89. The number of hydrogen-bond acceptors (Lipinski definition) is 7. The van der Waals surface area contributed by atoms with E-state index in [2.05, 4.69) is 15.0 Å². The van der Waals surface area contributed by atoms with E-state index in [0.29, 0.717) is 17.6 Å². The minimum absolute atomic E-state index is 0.000762. The van der Waals surface area contributed by atoms with Crippen LogP contribution in [0.4, 0.5) is 19.0 Å². The number of aromatic nitrogens is 3. The average molecular weight is 505 g/mol. The van der Waals surface area contributed by atoms with Crippen LogP contribution >= 0.6 is 19.4 Å². The van der Waals surface area contributed by atoms with Crippen LogP contribution in [-0.2, 0) is 21.8 Å². The number of pyridine rings is 1. The van der Waals surface area contributed by atoms with Gasteiger partial charge >= 0.3 is 14.0 Å². The molecule has 176 valence electrons. The molecule has 0 bridgehead atoms. The fourth-order valence-electron chi connectivity index (χ4n) is 2.62. The second-order valence-corrected chi connectivity index (χ2v) is 8.17. The predicted molar refractivity (Wildman–Crippen MR) is 112 cm³/mol. The third-order valence-corrected chi connectivity index (χ3v) is 5.05. The molecule has 2 aromatic heterocycles. The number of nitrogens with zero attached hydrogens (tertiary/aromatic N) is 4. The van der Waals surface area contributed by atoms with Gasteiger partial charge in [0.2, 0.25) is 5.88 Å². The SMILES string of the molecule is Cc1ncnc(N(CCc2ccc(Oc3ccc(C(F)(F)F)cn3)cc2)OP(=O)(O)O)c1Cl. The van der Waals surface area contributed by atoms with Crippen LogP contribution < -0.4 is 9.80 Å². The number of alkyl halides is 3. The van der Waals surface area contributed by atoms with Gasteiger partial charge < -0.3 is 14.5 Å². The van der Waals surface area contributed by atoms with E-state index in [1.807, 2.05) is 0 Å². The molecule has 3 rings (SSSR count). The van der Waals surface area contributed by atoms with Gasteiger partial charge in [0.25, 0.3) is 0 Å². The standard InChI is InChI=1S/C19H17ClF3N4O5P/c1-12-17(20)18(26-11-25-12)27(32-33(28,29)30)9-8-13-2-5-15(6-3-13)31-16-7-4-14(10-24-16)19(21,22)23/h2-7,10-11H,8-9H2,1H3,(H2,28,29,30). The Kier molecular flexibility index (Phi) is 7.55. The molecular formula is C19H17ClF3N4O5P.